The first-order chi connectivity index (χ1) is 9.40. The number of benzene rings is 2. The lowest BCUT2D eigenvalue weighted by Gasteiger charge is -2.09. The van der Waals surface area contributed by atoms with E-state index in [2.05, 4.69) is 13.8 Å². The molecule has 0 aliphatic carbocycles. The summed E-state index contributed by atoms with van der Waals surface area (Å²) in [7, 11) is 0. The molecular weight excluding hydrogens is 251 g/mol. The third-order valence-electron chi connectivity index (χ3n) is 3.50. The van der Waals surface area contributed by atoms with E-state index in [-0.39, 0.29) is 11.3 Å². The smallest absolute Gasteiger partial charge is 0.196 e. The van der Waals surface area contributed by atoms with Crippen LogP contribution in [0.3, 0.4) is 0 Å². The molecule has 2 heteroatoms. The molecule has 0 fully saturated rings. The number of carbonyl (C=O) groups excluding carboxylic acids is 1. The number of halogens is 1. The van der Waals surface area contributed by atoms with Crippen LogP contribution in [0.15, 0.2) is 36.4 Å². The monoisotopic (exact) mass is 270 g/mol. The van der Waals surface area contributed by atoms with Crippen LogP contribution in [0.1, 0.15) is 52.4 Å². The average Bonchev–Trinajstić information content (AvgIpc) is 2.37. The fraction of sp³-hybridized carbons (Fsp3) is 0.278. The zero-order valence-corrected chi connectivity index (χ0v) is 12.3. The molecule has 0 unspecified atom stereocenters. The van der Waals surface area contributed by atoms with E-state index in [4.69, 9.17) is 0 Å². The van der Waals surface area contributed by atoms with Gasteiger partial charge < -0.3 is 0 Å². The minimum absolute atomic E-state index is 0.174. The Bertz CT molecular complexity index is 616. The van der Waals surface area contributed by atoms with Crippen molar-refractivity contribution in [2.75, 3.05) is 0 Å². The highest BCUT2D eigenvalue weighted by Crippen LogP contribution is 2.21. The van der Waals surface area contributed by atoms with Crippen LogP contribution < -0.4 is 0 Å². The molecule has 2 aromatic rings. The number of rotatable bonds is 3. The third kappa shape index (κ3) is 2.79. The summed E-state index contributed by atoms with van der Waals surface area (Å²) in [5, 5.41) is 0. The Hall–Kier alpha value is -1.96. The second-order valence-corrected chi connectivity index (χ2v) is 5.54. The predicted molar refractivity (Wildman–Crippen MR) is 79.8 cm³/mol. The predicted octanol–water partition coefficient (Wildman–Crippen LogP) is 4.80. The van der Waals surface area contributed by atoms with Gasteiger partial charge in [0.05, 0.1) is 5.56 Å². The topological polar surface area (TPSA) is 17.1 Å². The molecule has 0 radical (unpaired) electrons. The Balaban J connectivity index is 2.41. The van der Waals surface area contributed by atoms with Crippen LogP contribution in [0.25, 0.3) is 0 Å². The van der Waals surface area contributed by atoms with Crippen molar-refractivity contribution in [3.63, 3.8) is 0 Å². The summed E-state index contributed by atoms with van der Waals surface area (Å²) in [6.07, 6.45) is 0. The maximum absolute atomic E-state index is 14.0. The molecule has 1 nitrogen and oxygen atoms in total. The average molecular weight is 270 g/mol. The van der Waals surface area contributed by atoms with Crippen LogP contribution in [0.2, 0.25) is 0 Å². The van der Waals surface area contributed by atoms with Crippen LogP contribution >= 0.6 is 0 Å². The van der Waals surface area contributed by atoms with E-state index in [0.717, 1.165) is 5.56 Å². The van der Waals surface area contributed by atoms with Gasteiger partial charge in [-0.2, -0.15) is 0 Å². The number of ketones is 1. The van der Waals surface area contributed by atoms with Crippen molar-refractivity contribution in [2.45, 2.75) is 33.6 Å². The summed E-state index contributed by atoms with van der Waals surface area (Å²) in [5.41, 5.74) is 3.38. The van der Waals surface area contributed by atoms with E-state index in [9.17, 15) is 9.18 Å². The Kier molecular flexibility index (Phi) is 4.03. The number of carbonyl (C=O) groups is 1. The Morgan fingerprint density at radius 1 is 1.05 bits per heavy atom. The minimum atomic E-state index is -0.444. The van der Waals surface area contributed by atoms with E-state index in [1.165, 1.54) is 11.6 Å². The second kappa shape index (κ2) is 5.58. The standard InChI is InChI=1S/C18H19FO/c1-11(2)14-5-7-15(8-6-14)18(20)17-13(4)9-12(3)10-16(17)19/h5-11H,1-4H3. The number of hydrogen-bond donors (Lipinski definition) is 0. The molecule has 0 aromatic heterocycles. The fourth-order valence-electron chi connectivity index (χ4n) is 2.37. The van der Waals surface area contributed by atoms with Gasteiger partial charge in [-0.3, -0.25) is 4.79 Å². The summed E-state index contributed by atoms with van der Waals surface area (Å²) in [4.78, 5) is 12.4. The molecule has 0 saturated carbocycles. The molecule has 0 N–H and O–H groups in total. The fourth-order valence-corrected chi connectivity index (χ4v) is 2.37. The first-order valence-corrected chi connectivity index (χ1v) is 6.81. The molecule has 0 heterocycles. The van der Waals surface area contributed by atoms with Crippen LogP contribution in [0, 0.1) is 19.7 Å². The van der Waals surface area contributed by atoms with Crippen molar-refractivity contribution in [3.05, 3.63) is 70.0 Å². The minimum Gasteiger partial charge on any atom is -0.288 e. The van der Waals surface area contributed by atoms with Gasteiger partial charge in [0, 0.05) is 5.56 Å². The number of hydrogen-bond acceptors (Lipinski definition) is 1. The number of aryl methyl sites for hydroxylation is 2. The van der Waals surface area contributed by atoms with E-state index < -0.39 is 5.82 Å². The Morgan fingerprint density at radius 2 is 1.65 bits per heavy atom. The molecule has 20 heavy (non-hydrogen) atoms. The van der Waals surface area contributed by atoms with E-state index >= 15 is 0 Å². The zero-order chi connectivity index (χ0) is 14.9. The zero-order valence-electron chi connectivity index (χ0n) is 12.3. The molecule has 104 valence electrons. The highest BCUT2D eigenvalue weighted by Gasteiger charge is 2.17. The summed E-state index contributed by atoms with van der Waals surface area (Å²) < 4.78 is 14.0. The SMILES string of the molecule is Cc1cc(C)c(C(=O)c2ccc(C(C)C)cc2)c(F)c1. The first kappa shape index (κ1) is 14.4. The van der Waals surface area contributed by atoms with Gasteiger partial charge in [-0.05, 0) is 42.5 Å². The Labute approximate surface area is 119 Å². The van der Waals surface area contributed by atoms with Crippen LogP contribution in [-0.4, -0.2) is 5.78 Å². The molecule has 0 aliphatic heterocycles. The maximum atomic E-state index is 14.0. The van der Waals surface area contributed by atoms with E-state index in [0.29, 0.717) is 17.0 Å². The lowest BCUT2D eigenvalue weighted by molar-refractivity contribution is 0.103. The molecule has 0 bridgehead atoms. The molecule has 0 atom stereocenters. The molecule has 0 spiro atoms. The quantitative estimate of drug-likeness (QED) is 0.732. The van der Waals surface area contributed by atoms with Crippen molar-refractivity contribution >= 4 is 5.78 Å². The van der Waals surface area contributed by atoms with Gasteiger partial charge in [-0.15, -0.1) is 0 Å². The van der Waals surface area contributed by atoms with Gasteiger partial charge in [-0.1, -0.05) is 44.2 Å². The van der Waals surface area contributed by atoms with E-state index in [1.54, 1.807) is 19.1 Å². The molecule has 2 aromatic carbocycles. The van der Waals surface area contributed by atoms with Crippen molar-refractivity contribution in [1.82, 2.24) is 0 Å². The normalized spacial score (nSPS) is 10.9. The summed E-state index contributed by atoms with van der Waals surface area (Å²) in [6, 6.07) is 10.6. The van der Waals surface area contributed by atoms with Gasteiger partial charge in [0.25, 0.3) is 0 Å². The van der Waals surface area contributed by atoms with Crippen molar-refractivity contribution in [2.24, 2.45) is 0 Å². The highest BCUT2D eigenvalue weighted by atomic mass is 19.1. The third-order valence-corrected chi connectivity index (χ3v) is 3.50. The summed E-state index contributed by atoms with van der Waals surface area (Å²) >= 11 is 0. The summed E-state index contributed by atoms with van der Waals surface area (Å²) in [6.45, 7) is 7.79. The largest absolute Gasteiger partial charge is 0.288 e. The first-order valence-electron chi connectivity index (χ1n) is 6.81. The molecule has 0 saturated heterocycles. The lowest BCUT2D eigenvalue weighted by Crippen LogP contribution is -2.07. The van der Waals surface area contributed by atoms with Gasteiger partial charge in [0.2, 0.25) is 0 Å². The van der Waals surface area contributed by atoms with Crippen molar-refractivity contribution in [3.8, 4) is 0 Å². The molecular formula is C18H19FO. The maximum Gasteiger partial charge on any atom is 0.196 e. The Morgan fingerprint density at radius 3 is 2.15 bits per heavy atom. The van der Waals surface area contributed by atoms with Crippen molar-refractivity contribution in [1.29, 1.82) is 0 Å². The van der Waals surface area contributed by atoms with Gasteiger partial charge in [0.15, 0.2) is 5.78 Å². The van der Waals surface area contributed by atoms with Crippen LogP contribution in [-0.2, 0) is 0 Å². The highest BCUT2D eigenvalue weighted by molar-refractivity contribution is 6.10. The van der Waals surface area contributed by atoms with Crippen LogP contribution in [0.4, 0.5) is 4.39 Å². The second-order valence-electron chi connectivity index (χ2n) is 5.54. The lowest BCUT2D eigenvalue weighted by atomic mass is 9.95. The van der Waals surface area contributed by atoms with Gasteiger partial charge in [0.1, 0.15) is 5.82 Å². The van der Waals surface area contributed by atoms with Crippen LogP contribution in [0.5, 0.6) is 0 Å². The van der Waals surface area contributed by atoms with Gasteiger partial charge >= 0.3 is 0 Å². The van der Waals surface area contributed by atoms with Crippen molar-refractivity contribution < 1.29 is 9.18 Å². The molecule has 0 aliphatic rings. The molecule has 0 amide bonds. The summed E-state index contributed by atoms with van der Waals surface area (Å²) in [5.74, 6) is -0.284. The van der Waals surface area contributed by atoms with Gasteiger partial charge in [-0.25, -0.2) is 4.39 Å². The van der Waals surface area contributed by atoms with E-state index in [1.807, 2.05) is 25.1 Å². The molecule has 2 rings (SSSR count).